The predicted molar refractivity (Wildman–Crippen MR) is 108 cm³/mol. The van der Waals surface area contributed by atoms with Gasteiger partial charge in [0.1, 0.15) is 5.58 Å². The number of furan rings is 1. The zero-order valence-corrected chi connectivity index (χ0v) is 17.2. The molecule has 1 aromatic heterocycles. The molecule has 7 nitrogen and oxygen atoms in total. The van der Waals surface area contributed by atoms with Gasteiger partial charge in [0.05, 0.1) is 18.2 Å². The Hall–Kier alpha value is -3.00. The number of rotatable bonds is 5. The second-order valence-electron chi connectivity index (χ2n) is 5.88. The molecule has 0 radical (unpaired) electrons. The maximum absolute atomic E-state index is 12.5. The quantitative estimate of drug-likeness (QED) is 0.578. The van der Waals surface area contributed by atoms with Gasteiger partial charge >= 0.3 is 5.91 Å². The molecule has 146 valence electrons. The number of amides is 2. The Balaban J connectivity index is 1.75. The topological polar surface area (TPSA) is 89.8 Å². The number of benzene rings is 2. The summed E-state index contributed by atoms with van der Waals surface area (Å²) in [6.07, 6.45) is 0. The Morgan fingerprint density at radius 3 is 2.54 bits per heavy atom. The van der Waals surface area contributed by atoms with Gasteiger partial charge in [-0.25, -0.2) is 0 Å². The van der Waals surface area contributed by atoms with Gasteiger partial charge in [0.25, 0.3) is 5.91 Å². The maximum atomic E-state index is 12.5. The lowest BCUT2D eigenvalue weighted by Gasteiger charge is -2.13. The smallest absolute Gasteiger partial charge is 0.305 e. The molecule has 0 aliphatic heterocycles. The summed E-state index contributed by atoms with van der Waals surface area (Å²) in [7, 11) is 1.48. The summed E-state index contributed by atoms with van der Waals surface area (Å²) in [5.74, 6) is -0.000509. The number of carbonyl (C=O) groups excluding carboxylic acids is 2. The van der Waals surface area contributed by atoms with E-state index in [2.05, 4.69) is 26.8 Å². The predicted octanol–water partition coefficient (Wildman–Crippen LogP) is 3.99. The summed E-state index contributed by atoms with van der Waals surface area (Å²) in [4.78, 5) is 24.9. The number of fused-ring (bicyclic) bond motifs is 1. The highest BCUT2D eigenvalue weighted by Gasteiger charge is 2.19. The minimum absolute atomic E-state index is 0.145. The van der Waals surface area contributed by atoms with Crippen molar-refractivity contribution in [2.45, 2.75) is 13.8 Å². The van der Waals surface area contributed by atoms with Crippen LogP contribution in [0.5, 0.6) is 11.5 Å². The molecule has 0 aliphatic carbocycles. The van der Waals surface area contributed by atoms with Gasteiger partial charge in [0, 0.05) is 16.5 Å². The van der Waals surface area contributed by atoms with Crippen molar-refractivity contribution in [2.75, 3.05) is 13.7 Å². The lowest BCUT2D eigenvalue weighted by atomic mass is 10.1. The molecule has 0 bridgehead atoms. The molecular weight excluding hydrogens is 428 g/mol. The third-order valence-corrected chi connectivity index (χ3v) is 4.71. The number of para-hydroxylation sites is 1. The fourth-order valence-electron chi connectivity index (χ4n) is 2.77. The monoisotopic (exact) mass is 446 g/mol. The fraction of sp³-hybridized carbons (Fsp3) is 0.200. The van der Waals surface area contributed by atoms with Gasteiger partial charge in [0.15, 0.2) is 17.3 Å². The van der Waals surface area contributed by atoms with E-state index in [0.29, 0.717) is 33.7 Å². The molecule has 28 heavy (non-hydrogen) atoms. The van der Waals surface area contributed by atoms with Gasteiger partial charge in [-0.05, 0) is 48.0 Å². The summed E-state index contributed by atoms with van der Waals surface area (Å²) in [5, 5.41) is 0.846. The van der Waals surface area contributed by atoms with Crippen molar-refractivity contribution in [1.29, 1.82) is 0 Å². The minimum Gasteiger partial charge on any atom is -0.493 e. The van der Waals surface area contributed by atoms with Gasteiger partial charge < -0.3 is 13.9 Å². The second kappa shape index (κ2) is 8.35. The number of methoxy groups -OCH3 is 1. The molecule has 0 spiro atoms. The lowest BCUT2D eigenvalue weighted by molar-refractivity contribution is 0.0831. The van der Waals surface area contributed by atoms with Crippen LogP contribution < -0.4 is 20.3 Å². The summed E-state index contributed by atoms with van der Waals surface area (Å²) in [6, 6.07) is 10.5. The van der Waals surface area contributed by atoms with Crippen LogP contribution in [0.25, 0.3) is 11.0 Å². The van der Waals surface area contributed by atoms with Gasteiger partial charge in [-0.2, -0.15) is 0 Å². The Morgan fingerprint density at radius 1 is 1.14 bits per heavy atom. The maximum Gasteiger partial charge on any atom is 0.305 e. The third-order valence-electron chi connectivity index (χ3n) is 4.12. The number of carbonyl (C=O) groups is 2. The van der Waals surface area contributed by atoms with Crippen molar-refractivity contribution in [3.63, 3.8) is 0 Å². The van der Waals surface area contributed by atoms with Crippen LogP contribution in [0.2, 0.25) is 0 Å². The highest BCUT2D eigenvalue weighted by atomic mass is 79.9. The summed E-state index contributed by atoms with van der Waals surface area (Å²) >= 11 is 3.37. The first-order valence-electron chi connectivity index (χ1n) is 8.55. The van der Waals surface area contributed by atoms with Crippen molar-refractivity contribution in [3.8, 4) is 11.5 Å². The van der Waals surface area contributed by atoms with E-state index in [-0.39, 0.29) is 11.3 Å². The Labute approximate surface area is 170 Å². The minimum atomic E-state index is -0.543. The Kier molecular flexibility index (Phi) is 5.89. The molecule has 1 heterocycles. The summed E-state index contributed by atoms with van der Waals surface area (Å²) in [6.45, 7) is 4.09. The molecule has 2 N–H and O–H groups in total. The first kappa shape index (κ1) is 19.8. The molecule has 8 heteroatoms. The third kappa shape index (κ3) is 3.82. The second-order valence-corrected chi connectivity index (χ2v) is 6.74. The number of ether oxygens (including phenoxy) is 2. The molecule has 0 atom stereocenters. The van der Waals surface area contributed by atoms with E-state index >= 15 is 0 Å². The van der Waals surface area contributed by atoms with E-state index in [9.17, 15) is 9.59 Å². The Morgan fingerprint density at radius 2 is 1.86 bits per heavy atom. The number of halogens is 1. The van der Waals surface area contributed by atoms with Crippen LogP contribution in [-0.4, -0.2) is 25.5 Å². The van der Waals surface area contributed by atoms with Crippen molar-refractivity contribution in [3.05, 3.63) is 57.8 Å². The average Bonchev–Trinajstić information content (AvgIpc) is 3.04. The van der Waals surface area contributed by atoms with E-state index in [1.54, 1.807) is 19.1 Å². The molecule has 2 aromatic carbocycles. The van der Waals surface area contributed by atoms with Crippen LogP contribution in [0, 0.1) is 6.92 Å². The molecule has 2 amide bonds. The van der Waals surface area contributed by atoms with Gasteiger partial charge in [-0.3, -0.25) is 20.4 Å². The standard InChI is InChI=1S/C20H19BrN2O5/c1-4-27-18-14(21)9-12(10-16(18)26-3)19(24)22-23-20(25)17-11(2)13-7-5-6-8-15(13)28-17/h5-10H,4H2,1-3H3,(H,22,24)(H,23,25). The molecule has 3 aromatic rings. The summed E-state index contributed by atoms with van der Waals surface area (Å²) in [5.41, 5.74) is 6.35. The largest absolute Gasteiger partial charge is 0.493 e. The number of aryl methyl sites for hydroxylation is 1. The zero-order valence-electron chi connectivity index (χ0n) is 15.6. The van der Waals surface area contributed by atoms with Gasteiger partial charge in [-0.15, -0.1) is 0 Å². The van der Waals surface area contributed by atoms with E-state index in [4.69, 9.17) is 13.9 Å². The van der Waals surface area contributed by atoms with Crippen LogP contribution in [-0.2, 0) is 0 Å². The van der Waals surface area contributed by atoms with Gasteiger partial charge in [-0.1, -0.05) is 18.2 Å². The SMILES string of the molecule is CCOc1c(Br)cc(C(=O)NNC(=O)c2oc3ccccc3c2C)cc1OC. The fourth-order valence-corrected chi connectivity index (χ4v) is 3.33. The van der Waals surface area contributed by atoms with Crippen LogP contribution in [0.15, 0.2) is 45.3 Å². The van der Waals surface area contributed by atoms with E-state index < -0.39 is 11.8 Å². The molecule has 0 fully saturated rings. The molecular formula is C20H19BrN2O5. The zero-order chi connectivity index (χ0) is 20.3. The molecule has 0 unspecified atom stereocenters. The van der Waals surface area contributed by atoms with Crippen LogP contribution in [0.1, 0.15) is 33.4 Å². The van der Waals surface area contributed by atoms with Crippen LogP contribution in [0.4, 0.5) is 0 Å². The van der Waals surface area contributed by atoms with Crippen LogP contribution in [0.3, 0.4) is 0 Å². The highest BCUT2D eigenvalue weighted by Crippen LogP contribution is 2.36. The van der Waals surface area contributed by atoms with Crippen molar-refractivity contribution < 1.29 is 23.5 Å². The number of hydrogen-bond donors (Lipinski definition) is 2. The van der Waals surface area contributed by atoms with Gasteiger partial charge in [0.2, 0.25) is 0 Å². The number of hydrogen-bond acceptors (Lipinski definition) is 5. The first-order chi connectivity index (χ1) is 13.5. The summed E-state index contributed by atoms with van der Waals surface area (Å²) < 4.78 is 16.9. The van der Waals surface area contributed by atoms with Crippen molar-refractivity contribution in [1.82, 2.24) is 10.9 Å². The van der Waals surface area contributed by atoms with Crippen LogP contribution >= 0.6 is 15.9 Å². The Bertz CT molecular complexity index is 1040. The molecule has 3 rings (SSSR count). The highest BCUT2D eigenvalue weighted by molar-refractivity contribution is 9.10. The van der Waals surface area contributed by atoms with E-state index in [1.165, 1.54) is 13.2 Å². The number of nitrogens with one attached hydrogen (secondary N) is 2. The normalized spacial score (nSPS) is 10.6. The lowest BCUT2D eigenvalue weighted by Crippen LogP contribution is -2.41. The molecule has 0 saturated carbocycles. The molecule has 0 saturated heterocycles. The molecule has 0 aliphatic rings. The van der Waals surface area contributed by atoms with E-state index in [0.717, 1.165) is 5.39 Å². The van der Waals surface area contributed by atoms with E-state index in [1.807, 2.05) is 25.1 Å². The van der Waals surface area contributed by atoms with Crippen molar-refractivity contribution in [2.24, 2.45) is 0 Å². The average molecular weight is 447 g/mol. The first-order valence-corrected chi connectivity index (χ1v) is 9.34. The number of hydrazine groups is 1. The van der Waals surface area contributed by atoms with Crippen molar-refractivity contribution >= 4 is 38.7 Å².